The molecule has 1 N–H and O–H groups in total. The molecule has 2 amide bonds. The first kappa shape index (κ1) is 17.5. The van der Waals surface area contributed by atoms with Crippen molar-refractivity contribution in [1.82, 2.24) is 15.4 Å². The van der Waals surface area contributed by atoms with Crippen LogP contribution in [0.3, 0.4) is 0 Å². The van der Waals surface area contributed by atoms with Gasteiger partial charge in [-0.15, -0.1) is 0 Å². The lowest BCUT2D eigenvalue weighted by Crippen LogP contribution is -2.57. The van der Waals surface area contributed by atoms with Crippen LogP contribution >= 0.6 is 0 Å². The molecule has 7 nitrogen and oxygen atoms in total. The van der Waals surface area contributed by atoms with Crippen LogP contribution in [0.5, 0.6) is 0 Å². The lowest BCUT2D eigenvalue weighted by atomic mass is 9.81. The van der Waals surface area contributed by atoms with Crippen LogP contribution < -0.4 is 5.32 Å². The van der Waals surface area contributed by atoms with E-state index in [2.05, 4.69) is 10.5 Å². The van der Waals surface area contributed by atoms with Gasteiger partial charge >= 0.3 is 0 Å². The van der Waals surface area contributed by atoms with E-state index < -0.39 is 0 Å². The van der Waals surface area contributed by atoms with E-state index in [0.717, 1.165) is 31.4 Å². The van der Waals surface area contributed by atoms with Gasteiger partial charge in [0.25, 0.3) is 0 Å². The molecule has 4 rings (SSSR count). The minimum atomic E-state index is -0.0265. The standard InChI is InChI=1S/C19H27N3O4/c1-12-9-15(26-21-12)11-18(23)22-7-8-25-17-6-5-13(10-16(17)22)19(24)20-14-3-2-4-14/h9,13-14,16-17H,2-8,10-11H2,1H3,(H,20,24)/t13-,16+,17+/m0/s1. The average molecular weight is 361 g/mol. The van der Waals surface area contributed by atoms with Crippen LogP contribution in [-0.2, 0) is 20.7 Å². The first-order chi connectivity index (χ1) is 12.6. The first-order valence-electron chi connectivity index (χ1n) is 9.74. The van der Waals surface area contributed by atoms with Crippen LogP contribution in [0.25, 0.3) is 0 Å². The number of fused-ring (bicyclic) bond motifs is 1. The fraction of sp³-hybridized carbons (Fsp3) is 0.737. The normalized spacial score (nSPS) is 29.0. The third-order valence-electron chi connectivity index (χ3n) is 5.96. The molecule has 26 heavy (non-hydrogen) atoms. The summed E-state index contributed by atoms with van der Waals surface area (Å²) in [5, 5.41) is 7.01. The van der Waals surface area contributed by atoms with Gasteiger partial charge in [-0.3, -0.25) is 9.59 Å². The minimum Gasteiger partial charge on any atom is -0.374 e. The highest BCUT2D eigenvalue weighted by Crippen LogP contribution is 2.33. The number of hydrogen-bond acceptors (Lipinski definition) is 5. The molecule has 1 saturated heterocycles. The molecule has 0 aromatic carbocycles. The Morgan fingerprint density at radius 1 is 1.31 bits per heavy atom. The van der Waals surface area contributed by atoms with E-state index in [1.54, 1.807) is 6.07 Å². The van der Waals surface area contributed by atoms with Gasteiger partial charge in [-0.25, -0.2) is 0 Å². The zero-order valence-electron chi connectivity index (χ0n) is 15.3. The van der Waals surface area contributed by atoms with E-state index in [0.29, 0.717) is 31.4 Å². The Bertz CT molecular complexity index is 669. The monoisotopic (exact) mass is 361 g/mol. The number of carbonyl (C=O) groups is 2. The van der Waals surface area contributed by atoms with E-state index in [-0.39, 0.29) is 36.3 Å². The van der Waals surface area contributed by atoms with Crippen molar-refractivity contribution in [2.24, 2.45) is 5.92 Å². The molecule has 2 heterocycles. The molecule has 3 aliphatic rings. The highest BCUT2D eigenvalue weighted by atomic mass is 16.5. The zero-order valence-corrected chi connectivity index (χ0v) is 15.3. The van der Waals surface area contributed by atoms with Crippen molar-refractivity contribution in [3.05, 3.63) is 17.5 Å². The summed E-state index contributed by atoms with van der Waals surface area (Å²) in [6.45, 7) is 2.97. The molecule has 2 saturated carbocycles. The molecule has 1 aromatic heterocycles. The second-order valence-electron chi connectivity index (χ2n) is 7.82. The Hall–Kier alpha value is -1.89. The highest BCUT2D eigenvalue weighted by molar-refractivity contribution is 5.80. The predicted octanol–water partition coefficient (Wildman–Crippen LogP) is 1.59. The molecular weight excluding hydrogens is 334 g/mol. The van der Waals surface area contributed by atoms with Crippen LogP contribution in [0.4, 0.5) is 0 Å². The van der Waals surface area contributed by atoms with E-state index in [1.807, 2.05) is 11.8 Å². The van der Waals surface area contributed by atoms with Crippen molar-refractivity contribution < 1.29 is 18.8 Å². The van der Waals surface area contributed by atoms with Gasteiger partial charge in [-0.1, -0.05) is 5.16 Å². The SMILES string of the molecule is Cc1cc(CC(=O)N2CCO[C@@H]3CC[C@H](C(=O)NC4CCC4)C[C@H]32)on1. The van der Waals surface area contributed by atoms with Gasteiger partial charge in [-0.2, -0.15) is 0 Å². The van der Waals surface area contributed by atoms with Gasteiger partial charge in [0.15, 0.2) is 0 Å². The highest BCUT2D eigenvalue weighted by Gasteiger charge is 2.42. The third kappa shape index (κ3) is 3.63. The molecule has 0 bridgehead atoms. The van der Waals surface area contributed by atoms with Crippen molar-refractivity contribution in [3.8, 4) is 0 Å². The Labute approximate surface area is 153 Å². The van der Waals surface area contributed by atoms with Crippen molar-refractivity contribution >= 4 is 11.8 Å². The number of aryl methyl sites for hydroxylation is 1. The summed E-state index contributed by atoms with van der Waals surface area (Å²) in [6.07, 6.45) is 5.99. The number of rotatable bonds is 4. The number of carbonyl (C=O) groups excluding carboxylic acids is 2. The quantitative estimate of drug-likeness (QED) is 0.880. The summed E-state index contributed by atoms with van der Waals surface area (Å²) in [4.78, 5) is 27.3. The van der Waals surface area contributed by atoms with Gasteiger partial charge in [0, 0.05) is 24.6 Å². The minimum absolute atomic E-state index is 0.0221. The molecule has 0 unspecified atom stereocenters. The maximum Gasteiger partial charge on any atom is 0.230 e. The maximum absolute atomic E-state index is 12.8. The summed E-state index contributed by atoms with van der Waals surface area (Å²) in [5.74, 6) is 0.739. The maximum atomic E-state index is 12.8. The number of nitrogens with one attached hydrogen (secondary N) is 1. The average Bonchev–Trinajstić information content (AvgIpc) is 3.01. The zero-order chi connectivity index (χ0) is 18.1. The fourth-order valence-corrected chi connectivity index (χ4v) is 4.28. The summed E-state index contributed by atoms with van der Waals surface area (Å²) in [6, 6.07) is 2.13. The van der Waals surface area contributed by atoms with Crippen molar-refractivity contribution in [2.45, 2.75) is 70.1 Å². The van der Waals surface area contributed by atoms with Crippen LogP contribution in [0.2, 0.25) is 0 Å². The largest absolute Gasteiger partial charge is 0.374 e. The van der Waals surface area contributed by atoms with Gasteiger partial charge in [0.1, 0.15) is 5.76 Å². The predicted molar refractivity (Wildman–Crippen MR) is 93.3 cm³/mol. The van der Waals surface area contributed by atoms with Crippen LogP contribution in [0.15, 0.2) is 10.6 Å². The smallest absolute Gasteiger partial charge is 0.230 e. The van der Waals surface area contributed by atoms with Crippen molar-refractivity contribution in [1.29, 1.82) is 0 Å². The Balaban J connectivity index is 1.40. The molecular formula is C19H27N3O4. The van der Waals surface area contributed by atoms with Gasteiger partial charge in [0.2, 0.25) is 11.8 Å². The van der Waals surface area contributed by atoms with Crippen LogP contribution in [0, 0.1) is 12.8 Å². The van der Waals surface area contributed by atoms with Crippen molar-refractivity contribution in [2.75, 3.05) is 13.2 Å². The van der Waals surface area contributed by atoms with E-state index >= 15 is 0 Å². The molecule has 142 valence electrons. The first-order valence-corrected chi connectivity index (χ1v) is 9.74. The van der Waals surface area contributed by atoms with Crippen molar-refractivity contribution in [3.63, 3.8) is 0 Å². The van der Waals surface area contributed by atoms with E-state index in [1.165, 1.54) is 6.42 Å². The topological polar surface area (TPSA) is 84.7 Å². The Morgan fingerprint density at radius 3 is 2.85 bits per heavy atom. The Morgan fingerprint density at radius 2 is 2.15 bits per heavy atom. The number of morpholine rings is 1. The number of ether oxygens (including phenoxy) is 1. The fourth-order valence-electron chi connectivity index (χ4n) is 4.28. The number of nitrogens with zero attached hydrogens (tertiary/aromatic N) is 2. The molecule has 3 fully saturated rings. The molecule has 3 atom stereocenters. The molecule has 1 aromatic rings. The van der Waals surface area contributed by atoms with Gasteiger partial charge in [0.05, 0.1) is 30.9 Å². The van der Waals surface area contributed by atoms with Gasteiger partial charge < -0.3 is 19.5 Å². The second-order valence-corrected chi connectivity index (χ2v) is 7.82. The van der Waals surface area contributed by atoms with Gasteiger partial charge in [-0.05, 0) is 45.4 Å². The number of aromatic nitrogens is 1. The molecule has 7 heteroatoms. The molecule has 2 aliphatic carbocycles. The Kier molecular flexibility index (Phi) is 4.98. The number of amides is 2. The summed E-state index contributed by atoms with van der Waals surface area (Å²) >= 11 is 0. The number of hydrogen-bond donors (Lipinski definition) is 1. The molecule has 1 aliphatic heterocycles. The van der Waals surface area contributed by atoms with E-state index in [4.69, 9.17) is 9.26 Å². The lowest BCUT2D eigenvalue weighted by molar-refractivity contribution is -0.154. The second kappa shape index (κ2) is 7.39. The van der Waals surface area contributed by atoms with Crippen LogP contribution in [0.1, 0.15) is 50.0 Å². The van der Waals surface area contributed by atoms with Crippen LogP contribution in [-0.4, -0.2) is 53.2 Å². The summed E-state index contributed by atoms with van der Waals surface area (Å²) in [5.41, 5.74) is 0.776. The lowest BCUT2D eigenvalue weighted by Gasteiger charge is -2.45. The summed E-state index contributed by atoms with van der Waals surface area (Å²) in [7, 11) is 0. The van der Waals surface area contributed by atoms with E-state index in [9.17, 15) is 9.59 Å². The molecule has 0 radical (unpaired) electrons. The summed E-state index contributed by atoms with van der Waals surface area (Å²) < 4.78 is 11.1. The molecule has 0 spiro atoms. The third-order valence-corrected chi connectivity index (χ3v) is 5.96.